The Balaban J connectivity index is 1.29. The molecule has 0 aliphatic carbocycles. The molecule has 2 aliphatic rings. The van der Waals surface area contributed by atoms with Crippen LogP contribution in [0.3, 0.4) is 0 Å². The molecule has 1 amide bonds. The SMILES string of the molecule is COc1ccc(C2CC(C(=O)NC3CC(c4ccccc4)NN3)NN2)cc1. The third-order valence-electron chi connectivity index (χ3n) is 5.16. The van der Waals surface area contributed by atoms with Gasteiger partial charge in [0.15, 0.2) is 0 Å². The van der Waals surface area contributed by atoms with Gasteiger partial charge in [-0.15, -0.1) is 0 Å². The van der Waals surface area contributed by atoms with Gasteiger partial charge in [0, 0.05) is 18.5 Å². The van der Waals surface area contributed by atoms with E-state index in [9.17, 15) is 4.79 Å². The third kappa shape index (κ3) is 4.12. The van der Waals surface area contributed by atoms with Crippen LogP contribution in [0, 0.1) is 0 Å². The van der Waals surface area contributed by atoms with Crippen molar-refractivity contribution < 1.29 is 9.53 Å². The predicted octanol–water partition coefficient (Wildman–Crippen LogP) is 1.28. The van der Waals surface area contributed by atoms with Crippen LogP contribution in [-0.4, -0.2) is 25.2 Å². The zero-order valence-corrected chi connectivity index (χ0v) is 15.2. The van der Waals surface area contributed by atoms with E-state index in [1.54, 1.807) is 7.11 Å². The summed E-state index contributed by atoms with van der Waals surface area (Å²) in [5.74, 6) is 0.818. The van der Waals surface area contributed by atoms with E-state index >= 15 is 0 Å². The Hall–Kier alpha value is -2.45. The Bertz CT molecular complexity index is 768. The minimum Gasteiger partial charge on any atom is -0.497 e. The fourth-order valence-corrected chi connectivity index (χ4v) is 3.61. The van der Waals surface area contributed by atoms with E-state index in [1.807, 2.05) is 42.5 Å². The number of hydrogen-bond acceptors (Lipinski definition) is 6. The van der Waals surface area contributed by atoms with Gasteiger partial charge in [-0.2, -0.15) is 0 Å². The van der Waals surface area contributed by atoms with Crippen LogP contribution < -0.4 is 31.8 Å². The molecule has 0 bridgehead atoms. The summed E-state index contributed by atoms with van der Waals surface area (Å²) < 4.78 is 5.19. The molecule has 4 atom stereocenters. The van der Waals surface area contributed by atoms with Crippen molar-refractivity contribution in [3.8, 4) is 5.75 Å². The number of hydrogen-bond donors (Lipinski definition) is 5. The molecule has 0 spiro atoms. The van der Waals surface area contributed by atoms with E-state index in [-0.39, 0.29) is 30.2 Å². The number of ether oxygens (including phenoxy) is 1. The molecule has 7 heteroatoms. The lowest BCUT2D eigenvalue weighted by atomic mass is 10.0. The molecule has 5 N–H and O–H groups in total. The van der Waals surface area contributed by atoms with E-state index in [4.69, 9.17) is 4.74 Å². The molecular formula is C20H25N5O2. The van der Waals surface area contributed by atoms with Gasteiger partial charge in [0.05, 0.1) is 13.3 Å². The molecule has 27 heavy (non-hydrogen) atoms. The van der Waals surface area contributed by atoms with Gasteiger partial charge in [0.2, 0.25) is 5.91 Å². The average molecular weight is 367 g/mol. The zero-order valence-electron chi connectivity index (χ0n) is 15.2. The molecule has 0 saturated carbocycles. The monoisotopic (exact) mass is 367 g/mol. The number of rotatable bonds is 5. The molecule has 0 aromatic heterocycles. The lowest BCUT2D eigenvalue weighted by Crippen LogP contribution is -2.50. The van der Waals surface area contributed by atoms with Gasteiger partial charge < -0.3 is 10.1 Å². The second kappa shape index (κ2) is 8.06. The highest BCUT2D eigenvalue weighted by Crippen LogP contribution is 2.25. The first-order valence-electron chi connectivity index (χ1n) is 9.24. The molecule has 0 radical (unpaired) electrons. The summed E-state index contributed by atoms with van der Waals surface area (Å²) in [6, 6.07) is 18.2. The van der Waals surface area contributed by atoms with Crippen molar-refractivity contribution in [3.63, 3.8) is 0 Å². The van der Waals surface area contributed by atoms with Crippen LogP contribution in [0.25, 0.3) is 0 Å². The van der Waals surface area contributed by atoms with Crippen molar-refractivity contribution in [3.05, 3.63) is 65.7 Å². The van der Waals surface area contributed by atoms with Crippen molar-refractivity contribution in [2.45, 2.75) is 37.1 Å². The van der Waals surface area contributed by atoms with E-state index < -0.39 is 0 Å². The van der Waals surface area contributed by atoms with Gasteiger partial charge in [-0.3, -0.25) is 4.79 Å². The molecule has 2 aliphatic heterocycles. The second-order valence-corrected chi connectivity index (χ2v) is 6.95. The van der Waals surface area contributed by atoms with Crippen LogP contribution in [0.4, 0.5) is 0 Å². The second-order valence-electron chi connectivity index (χ2n) is 6.95. The molecule has 2 heterocycles. The smallest absolute Gasteiger partial charge is 0.239 e. The van der Waals surface area contributed by atoms with Crippen molar-refractivity contribution in [2.75, 3.05) is 7.11 Å². The summed E-state index contributed by atoms with van der Waals surface area (Å²) in [5.41, 5.74) is 15.1. The normalized spacial score (nSPS) is 27.4. The fourth-order valence-electron chi connectivity index (χ4n) is 3.61. The summed E-state index contributed by atoms with van der Waals surface area (Å²) in [6.07, 6.45) is 1.41. The van der Waals surface area contributed by atoms with Crippen molar-refractivity contribution in [2.24, 2.45) is 0 Å². The standard InChI is InChI=1S/C20H25N5O2/c1-27-15-9-7-14(8-10-15)16-11-18(24-22-16)20(26)21-19-12-17(23-25-19)13-5-3-2-4-6-13/h2-10,16-19,22-25H,11-12H2,1H3,(H,21,26). The van der Waals surface area contributed by atoms with Crippen molar-refractivity contribution in [1.82, 2.24) is 27.0 Å². The summed E-state index contributed by atoms with van der Waals surface area (Å²) in [7, 11) is 1.65. The zero-order chi connectivity index (χ0) is 18.6. The largest absolute Gasteiger partial charge is 0.497 e. The number of benzene rings is 2. The van der Waals surface area contributed by atoms with Crippen molar-refractivity contribution in [1.29, 1.82) is 0 Å². The maximum Gasteiger partial charge on any atom is 0.239 e. The van der Waals surface area contributed by atoms with E-state index in [2.05, 4.69) is 39.2 Å². The van der Waals surface area contributed by atoms with Gasteiger partial charge in [0.1, 0.15) is 11.8 Å². The maximum atomic E-state index is 12.6. The number of carbonyl (C=O) groups is 1. The maximum absolute atomic E-state index is 12.6. The first-order valence-corrected chi connectivity index (χ1v) is 9.24. The Morgan fingerprint density at radius 3 is 2.30 bits per heavy atom. The third-order valence-corrected chi connectivity index (χ3v) is 5.16. The summed E-state index contributed by atoms with van der Waals surface area (Å²) in [6.45, 7) is 0. The van der Waals surface area contributed by atoms with E-state index in [0.29, 0.717) is 6.42 Å². The molecular weight excluding hydrogens is 342 g/mol. The summed E-state index contributed by atoms with van der Waals surface area (Å²) >= 11 is 0. The summed E-state index contributed by atoms with van der Waals surface area (Å²) in [4.78, 5) is 12.6. The van der Waals surface area contributed by atoms with Crippen LogP contribution in [-0.2, 0) is 4.79 Å². The molecule has 2 aromatic carbocycles. The lowest BCUT2D eigenvalue weighted by Gasteiger charge is -2.15. The van der Waals surface area contributed by atoms with Gasteiger partial charge in [-0.1, -0.05) is 42.5 Å². The minimum atomic E-state index is -0.269. The topological polar surface area (TPSA) is 86.5 Å². The summed E-state index contributed by atoms with van der Waals surface area (Å²) in [5, 5.41) is 3.08. The Morgan fingerprint density at radius 1 is 0.889 bits per heavy atom. The average Bonchev–Trinajstić information content (AvgIpc) is 3.39. The van der Waals surface area contributed by atoms with Gasteiger partial charge >= 0.3 is 0 Å². The number of carbonyl (C=O) groups excluding carboxylic acids is 1. The molecule has 4 rings (SSSR count). The highest BCUT2D eigenvalue weighted by atomic mass is 16.5. The number of nitrogens with one attached hydrogen (secondary N) is 5. The number of amides is 1. The lowest BCUT2D eigenvalue weighted by molar-refractivity contribution is -0.123. The molecule has 7 nitrogen and oxygen atoms in total. The number of hydrazine groups is 2. The highest BCUT2D eigenvalue weighted by Gasteiger charge is 2.33. The van der Waals surface area contributed by atoms with Crippen LogP contribution in [0.1, 0.15) is 36.1 Å². The van der Waals surface area contributed by atoms with Gasteiger partial charge in [-0.25, -0.2) is 21.7 Å². The fraction of sp³-hybridized carbons (Fsp3) is 0.350. The Kier molecular flexibility index (Phi) is 5.35. The van der Waals surface area contributed by atoms with Crippen LogP contribution in [0.15, 0.2) is 54.6 Å². The predicted molar refractivity (Wildman–Crippen MR) is 102 cm³/mol. The van der Waals surface area contributed by atoms with Gasteiger partial charge in [-0.05, 0) is 29.7 Å². The molecule has 4 unspecified atom stereocenters. The Labute approximate surface area is 158 Å². The quantitative estimate of drug-likeness (QED) is 0.547. The molecule has 142 valence electrons. The molecule has 2 saturated heterocycles. The van der Waals surface area contributed by atoms with Crippen LogP contribution in [0.5, 0.6) is 5.75 Å². The van der Waals surface area contributed by atoms with Crippen molar-refractivity contribution >= 4 is 5.91 Å². The minimum absolute atomic E-state index is 0.00785. The van der Waals surface area contributed by atoms with E-state index in [0.717, 1.165) is 17.7 Å². The highest BCUT2D eigenvalue weighted by molar-refractivity contribution is 5.82. The first-order chi connectivity index (χ1) is 13.2. The number of methoxy groups -OCH3 is 1. The molecule has 2 aromatic rings. The van der Waals surface area contributed by atoms with E-state index in [1.165, 1.54) is 5.56 Å². The van der Waals surface area contributed by atoms with Crippen LogP contribution >= 0.6 is 0 Å². The van der Waals surface area contributed by atoms with Crippen LogP contribution in [0.2, 0.25) is 0 Å². The first kappa shape index (κ1) is 17.9. The van der Waals surface area contributed by atoms with Gasteiger partial charge in [0.25, 0.3) is 0 Å². The Morgan fingerprint density at radius 2 is 1.56 bits per heavy atom. The molecule has 2 fully saturated rings.